The molecule has 0 spiro atoms. The Kier molecular flexibility index (Phi) is 32.0. The smallest absolute Gasteiger partial charge is 0.472 e. The van der Waals surface area contributed by atoms with Crippen LogP contribution in [0.2, 0.25) is 0 Å². The van der Waals surface area contributed by atoms with E-state index in [9.17, 15) is 34.1 Å². The van der Waals surface area contributed by atoms with E-state index in [1.54, 1.807) is 0 Å². The van der Waals surface area contributed by atoms with Crippen LogP contribution in [0.1, 0.15) is 123 Å². The monoisotopic (exact) mass is 737 g/mol. The summed E-state index contributed by atoms with van der Waals surface area (Å²) in [5.74, 6) is -2.47. The first-order valence-corrected chi connectivity index (χ1v) is 20.0. The summed E-state index contributed by atoms with van der Waals surface area (Å²) in [6, 6.07) is -1.56. The van der Waals surface area contributed by atoms with E-state index in [2.05, 4.69) is 79.9 Å². The minimum Gasteiger partial charge on any atom is -0.480 e. The van der Waals surface area contributed by atoms with E-state index in [4.69, 9.17) is 13.8 Å². The number of aliphatic carboxylic acids is 1. The summed E-state index contributed by atoms with van der Waals surface area (Å²) in [4.78, 5) is 45.6. The molecule has 290 valence electrons. The van der Waals surface area contributed by atoms with Crippen molar-refractivity contribution in [3.63, 3.8) is 0 Å². The van der Waals surface area contributed by atoms with Gasteiger partial charge in [0.25, 0.3) is 0 Å². The van der Waals surface area contributed by atoms with Gasteiger partial charge < -0.3 is 25.2 Å². The molecule has 0 saturated carbocycles. The molecule has 0 radical (unpaired) electrons. The third kappa shape index (κ3) is 33.8. The average Bonchev–Trinajstić information content (AvgIpc) is 3.10. The fourth-order valence-electron chi connectivity index (χ4n) is 4.35. The first-order chi connectivity index (χ1) is 24.6. The van der Waals surface area contributed by atoms with E-state index in [0.717, 1.165) is 77.0 Å². The molecule has 3 atom stereocenters. The Bertz CT molecular complexity index is 1140. The van der Waals surface area contributed by atoms with Gasteiger partial charge in [0.1, 0.15) is 12.7 Å². The molecule has 0 aliphatic rings. The fraction of sp³-hybridized carbons (Fsp3) is 0.615. The van der Waals surface area contributed by atoms with Crippen molar-refractivity contribution >= 4 is 25.7 Å². The van der Waals surface area contributed by atoms with Gasteiger partial charge in [0.15, 0.2) is 6.04 Å². The highest BCUT2D eigenvalue weighted by molar-refractivity contribution is 7.47. The molecule has 0 saturated heterocycles. The predicted molar refractivity (Wildman–Crippen MR) is 203 cm³/mol. The third-order valence-electron chi connectivity index (χ3n) is 7.21. The number of phosphoric acid groups is 1. The summed E-state index contributed by atoms with van der Waals surface area (Å²) < 4.78 is 26.6. The van der Waals surface area contributed by atoms with Crippen LogP contribution in [0.4, 0.5) is 0 Å². The summed E-state index contributed by atoms with van der Waals surface area (Å²) in [6.07, 6.45) is 38.1. The van der Waals surface area contributed by atoms with Gasteiger partial charge in [0.2, 0.25) is 5.91 Å². The molecule has 0 aromatic carbocycles. The number of ether oxygens (including phenoxy) is 1. The molecule has 11 nitrogen and oxygen atoms in total. The lowest BCUT2D eigenvalue weighted by atomic mass is 10.1. The van der Waals surface area contributed by atoms with Gasteiger partial charge in [-0.2, -0.15) is 0 Å². The number of carbonyl (C=O) groups is 3. The molecular weight excluding hydrogens is 673 g/mol. The van der Waals surface area contributed by atoms with Gasteiger partial charge in [-0.25, -0.2) is 9.36 Å². The van der Waals surface area contributed by atoms with Crippen LogP contribution in [0, 0.1) is 0 Å². The number of allylic oxidation sites excluding steroid dienone is 12. The summed E-state index contributed by atoms with van der Waals surface area (Å²) >= 11 is 0. The number of carbonyl (C=O) groups excluding carboxylic acids is 2. The van der Waals surface area contributed by atoms with Crippen LogP contribution in [0.25, 0.3) is 0 Å². The molecule has 0 aromatic heterocycles. The minimum atomic E-state index is -4.77. The Morgan fingerprint density at radius 2 is 1.16 bits per heavy atom. The number of carboxylic acids is 1. The largest absolute Gasteiger partial charge is 0.480 e. The Morgan fingerprint density at radius 3 is 1.76 bits per heavy atom. The molecule has 0 bridgehead atoms. The SMILES string of the molecule is CC/C=C\C/C=C\C/C=C\C/C=C\C/C=C\CCCC(=O)OCC(O)COP(=O)(O)OCC(NC(=O)CCCCCCC/C=C\CCC)C(=O)O. The zero-order chi connectivity index (χ0) is 37.8. The van der Waals surface area contributed by atoms with E-state index in [1.165, 1.54) is 0 Å². The molecule has 0 fully saturated rings. The van der Waals surface area contributed by atoms with Crippen molar-refractivity contribution in [1.29, 1.82) is 0 Å². The zero-order valence-electron chi connectivity index (χ0n) is 30.9. The van der Waals surface area contributed by atoms with Gasteiger partial charge in [-0.1, -0.05) is 112 Å². The highest BCUT2D eigenvalue weighted by Gasteiger charge is 2.28. The maximum Gasteiger partial charge on any atom is 0.472 e. The maximum atomic E-state index is 12.2. The molecule has 0 rings (SSSR count). The van der Waals surface area contributed by atoms with Crippen LogP contribution in [0.5, 0.6) is 0 Å². The van der Waals surface area contributed by atoms with Crippen molar-refractivity contribution in [1.82, 2.24) is 5.32 Å². The van der Waals surface area contributed by atoms with Crippen LogP contribution in [-0.2, 0) is 32.7 Å². The lowest BCUT2D eigenvalue weighted by molar-refractivity contribution is -0.147. The molecule has 12 heteroatoms. The van der Waals surface area contributed by atoms with Gasteiger partial charge in [0, 0.05) is 12.8 Å². The number of phosphoric ester groups is 1. The second-order valence-corrected chi connectivity index (χ2v) is 13.5. The Balaban J connectivity index is 4.07. The number of carboxylic acid groups (broad SMARTS) is 1. The Labute approximate surface area is 306 Å². The van der Waals surface area contributed by atoms with E-state index < -0.39 is 57.6 Å². The molecule has 1 amide bonds. The van der Waals surface area contributed by atoms with Crippen LogP contribution in [0.3, 0.4) is 0 Å². The minimum absolute atomic E-state index is 0.127. The van der Waals surface area contributed by atoms with Crippen LogP contribution < -0.4 is 5.32 Å². The van der Waals surface area contributed by atoms with E-state index >= 15 is 0 Å². The van der Waals surface area contributed by atoms with Crippen LogP contribution >= 0.6 is 7.82 Å². The molecule has 0 heterocycles. The maximum absolute atomic E-state index is 12.2. The quantitative estimate of drug-likeness (QED) is 0.0221. The summed E-state index contributed by atoms with van der Waals surface area (Å²) in [7, 11) is -4.77. The summed E-state index contributed by atoms with van der Waals surface area (Å²) in [5.41, 5.74) is 0. The van der Waals surface area contributed by atoms with Gasteiger partial charge in [-0.05, 0) is 70.6 Å². The van der Waals surface area contributed by atoms with Crippen molar-refractivity contribution < 1.29 is 47.8 Å². The average molecular weight is 738 g/mol. The number of aliphatic hydroxyl groups excluding tert-OH is 1. The van der Waals surface area contributed by atoms with Crippen LogP contribution in [0.15, 0.2) is 72.9 Å². The van der Waals surface area contributed by atoms with Gasteiger partial charge >= 0.3 is 19.8 Å². The highest BCUT2D eigenvalue weighted by atomic mass is 31.2. The normalized spacial score (nSPS) is 14.7. The first kappa shape index (κ1) is 47.9. The third-order valence-corrected chi connectivity index (χ3v) is 8.16. The summed E-state index contributed by atoms with van der Waals surface area (Å²) in [5, 5.41) is 21.7. The molecule has 3 unspecified atom stereocenters. The molecule has 0 aromatic rings. The van der Waals surface area contributed by atoms with Crippen LogP contribution in [-0.4, -0.2) is 64.9 Å². The molecule has 4 N–H and O–H groups in total. The van der Waals surface area contributed by atoms with Crippen molar-refractivity contribution in [2.45, 2.75) is 135 Å². The molecular formula is C39H64NO10P. The lowest BCUT2D eigenvalue weighted by Gasteiger charge is -2.18. The van der Waals surface area contributed by atoms with Crippen molar-refractivity contribution in [2.75, 3.05) is 19.8 Å². The summed E-state index contributed by atoms with van der Waals surface area (Å²) in [6.45, 7) is 2.30. The van der Waals surface area contributed by atoms with Gasteiger partial charge in [-0.15, -0.1) is 0 Å². The zero-order valence-corrected chi connectivity index (χ0v) is 31.8. The van der Waals surface area contributed by atoms with Crippen molar-refractivity contribution in [2.24, 2.45) is 0 Å². The number of hydrogen-bond acceptors (Lipinski definition) is 8. The standard InChI is InChI=1S/C39H64NO10P/c1-3-5-7-9-11-13-15-16-17-18-19-20-21-23-25-27-29-31-38(43)48-32-35(41)33-49-51(46,47)50-34-36(39(44)45)40-37(42)30-28-26-24-22-14-12-10-8-6-4-2/h5,7-8,10-11,13,16-17,19-20,23,25,35-36,41H,3-4,6,9,12,14-15,18,21-22,24,26-34H2,1-2H3,(H,40,42)(H,44,45)(H,46,47)/b7-5-,10-8-,13-11-,17-16-,20-19-,25-23-. The number of hydrogen-bond donors (Lipinski definition) is 4. The molecule has 0 aliphatic heterocycles. The lowest BCUT2D eigenvalue weighted by Crippen LogP contribution is -2.43. The number of nitrogens with one attached hydrogen (secondary N) is 1. The van der Waals surface area contributed by atoms with Crippen molar-refractivity contribution in [3.05, 3.63) is 72.9 Å². The number of rotatable bonds is 33. The Hall–Kier alpha value is -3.08. The highest BCUT2D eigenvalue weighted by Crippen LogP contribution is 2.43. The number of aliphatic hydroxyl groups is 1. The second kappa shape index (κ2) is 34.0. The Morgan fingerprint density at radius 1 is 0.647 bits per heavy atom. The van der Waals surface area contributed by atoms with Gasteiger partial charge in [-0.3, -0.25) is 18.6 Å². The predicted octanol–water partition coefficient (Wildman–Crippen LogP) is 8.60. The number of unbranched alkanes of at least 4 members (excludes halogenated alkanes) is 7. The van der Waals surface area contributed by atoms with E-state index in [0.29, 0.717) is 19.3 Å². The number of esters is 1. The number of amides is 1. The van der Waals surface area contributed by atoms with E-state index in [-0.39, 0.29) is 12.8 Å². The van der Waals surface area contributed by atoms with Crippen molar-refractivity contribution in [3.8, 4) is 0 Å². The van der Waals surface area contributed by atoms with Gasteiger partial charge in [0.05, 0.1) is 13.2 Å². The molecule has 0 aliphatic carbocycles. The fourth-order valence-corrected chi connectivity index (χ4v) is 5.12. The molecule has 51 heavy (non-hydrogen) atoms. The topological polar surface area (TPSA) is 169 Å². The second-order valence-electron chi connectivity index (χ2n) is 12.0. The first-order valence-electron chi connectivity index (χ1n) is 18.5. The van der Waals surface area contributed by atoms with E-state index in [1.807, 2.05) is 12.2 Å².